The number of amides is 1. The number of nitrogens with zero attached hydrogens (tertiary/aromatic N) is 1. The highest BCUT2D eigenvalue weighted by Crippen LogP contribution is 2.34. The molecular weight excluding hydrogens is 388 g/mol. The lowest BCUT2D eigenvalue weighted by atomic mass is 9.92. The van der Waals surface area contributed by atoms with Gasteiger partial charge in [0.25, 0.3) is 10.0 Å². The van der Waals surface area contributed by atoms with Gasteiger partial charge in [0.05, 0.1) is 23.4 Å². The fourth-order valence-corrected chi connectivity index (χ4v) is 5.22. The first-order valence-electron chi connectivity index (χ1n) is 10.1. The number of fused-ring (bicyclic) bond motifs is 1. The Kier molecular flexibility index (Phi) is 5.50. The lowest BCUT2D eigenvalue weighted by molar-refractivity contribution is -0.119. The van der Waals surface area contributed by atoms with Gasteiger partial charge in [0.15, 0.2) is 0 Å². The van der Waals surface area contributed by atoms with E-state index in [4.69, 9.17) is 4.74 Å². The third-order valence-corrected chi connectivity index (χ3v) is 7.06. The zero-order valence-electron chi connectivity index (χ0n) is 16.6. The highest BCUT2D eigenvalue weighted by Gasteiger charge is 2.24. The summed E-state index contributed by atoms with van der Waals surface area (Å²) in [5.74, 6) is 0.544. The molecule has 1 fully saturated rings. The fourth-order valence-electron chi connectivity index (χ4n) is 4.12. The summed E-state index contributed by atoms with van der Waals surface area (Å²) in [6.45, 7) is 0.648. The summed E-state index contributed by atoms with van der Waals surface area (Å²) >= 11 is 0. The fraction of sp³-hybridized carbons (Fsp3) is 0.409. The Morgan fingerprint density at radius 2 is 1.69 bits per heavy atom. The summed E-state index contributed by atoms with van der Waals surface area (Å²) in [7, 11) is -2.18. The van der Waals surface area contributed by atoms with Crippen molar-refractivity contribution in [2.24, 2.45) is 0 Å². The first-order chi connectivity index (χ1) is 14.0. The number of methoxy groups -OCH3 is 1. The molecule has 2 aliphatic rings. The van der Waals surface area contributed by atoms with Gasteiger partial charge >= 0.3 is 0 Å². The average molecular weight is 415 g/mol. The molecule has 0 radical (unpaired) electrons. The van der Waals surface area contributed by atoms with E-state index in [1.54, 1.807) is 35.2 Å². The number of rotatable bonds is 5. The SMILES string of the molecule is COc1cc(NS(=O)(=O)c2ccc3c(c2)CCCC3)ccc1N1CCCCC1=O. The monoisotopic (exact) mass is 414 g/mol. The van der Waals surface area contributed by atoms with Crippen molar-refractivity contribution in [1.29, 1.82) is 0 Å². The van der Waals surface area contributed by atoms with E-state index in [1.165, 1.54) is 12.7 Å². The summed E-state index contributed by atoms with van der Waals surface area (Å²) in [5, 5.41) is 0. The zero-order valence-corrected chi connectivity index (χ0v) is 17.4. The molecule has 1 N–H and O–H groups in total. The summed E-state index contributed by atoms with van der Waals surface area (Å²) in [5.41, 5.74) is 3.45. The van der Waals surface area contributed by atoms with E-state index in [2.05, 4.69) is 4.72 Å². The van der Waals surface area contributed by atoms with Crippen LogP contribution in [0.1, 0.15) is 43.2 Å². The molecule has 1 saturated heterocycles. The Morgan fingerprint density at radius 1 is 0.931 bits per heavy atom. The van der Waals surface area contributed by atoms with Crippen LogP contribution in [-0.2, 0) is 27.7 Å². The van der Waals surface area contributed by atoms with Gasteiger partial charge in [-0.3, -0.25) is 9.52 Å². The van der Waals surface area contributed by atoms with Crippen molar-refractivity contribution in [3.63, 3.8) is 0 Å². The molecule has 154 valence electrons. The summed E-state index contributed by atoms with van der Waals surface area (Å²) in [4.78, 5) is 14.2. The van der Waals surface area contributed by atoms with Crippen LogP contribution in [-0.4, -0.2) is 28.0 Å². The van der Waals surface area contributed by atoms with Gasteiger partial charge in [-0.2, -0.15) is 0 Å². The molecule has 0 saturated carbocycles. The molecule has 0 spiro atoms. The number of benzene rings is 2. The molecular formula is C22H26N2O4S. The van der Waals surface area contributed by atoms with E-state index >= 15 is 0 Å². The average Bonchev–Trinajstić information content (AvgIpc) is 2.73. The van der Waals surface area contributed by atoms with E-state index < -0.39 is 10.0 Å². The molecule has 6 nitrogen and oxygen atoms in total. The van der Waals surface area contributed by atoms with Crippen molar-refractivity contribution in [2.75, 3.05) is 23.3 Å². The molecule has 0 bridgehead atoms. The van der Waals surface area contributed by atoms with Crippen molar-refractivity contribution < 1.29 is 17.9 Å². The van der Waals surface area contributed by atoms with Gasteiger partial charge in [-0.15, -0.1) is 0 Å². The lowest BCUT2D eigenvalue weighted by Gasteiger charge is -2.28. The van der Waals surface area contributed by atoms with Crippen molar-refractivity contribution in [3.8, 4) is 5.75 Å². The highest BCUT2D eigenvalue weighted by molar-refractivity contribution is 7.92. The van der Waals surface area contributed by atoms with Gasteiger partial charge in [-0.25, -0.2) is 8.42 Å². The van der Waals surface area contributed by atoms with Crippen LogP contribution in [0.5, 0.6) is 5.75 Å². The molecule has 2 aromatic rings. The quantitative estimate of drug-likeness (QED) is 0.805. The standard InChI is InChI=1S/C22H26N2O4S/c1-28-21-15-18(10-12-20(21)24-13-5-4-8-22(24)25)23-29(26,27)19-11-9-16-6-2-3-7-17(16)14-19/h9-12,14-15,23H,2-8,13H2,1H3. The highest BCUT2D eigenvalue weighted by atomic mass is 32.2. The molecule has 0 aromatic heterocycles. The number of carbonyl (C=O) groups excluding carboxylic acids is 1. The molecule has 0 atom stereocenters. The Labute approximate surface area is 171 Å². The predicted octanol–water partition coefficient (Wildman–Crippen LogP) is 3.89. The number of aryl methyl sites for hydroxylation is 2. The Hall–Kier alpha value is -2.54. The minimum absolute atomic E-state index is 0.0666. The van der Waals surface area contributed by atoms with E-state index in [0.29, 0.717) is 30.1 Å². The van der Waals surface area contributed by atoms with E-state index in [-0.39, 0.29) is 10.8 Å². The maximum absolute atomic E-state index is 12.9. The Morgan fingerprint density at radius 3 is 2.45 bits per heavy atom. The van der Waals surface area contributed by atoms with Crippen molar-refractivity contribution in [3.05, 3.63) is 47.5 Å². The molecule has 1 heterocycles. The van der Waals surface area contributed by atoms with Crippen molar-refractivity contribution in [1.82, 2.24) is 0 Å². The first kappa shape index (κ1) is 19.8. The molecule has 1 amide bonds. The van der Waals surface area contributed by atoms with Crippen molar-refractivity contribution >= 4 is 27.3 Å². The van der Waals surface area contributed by atoms with Gasteiger partial charge in [0.2, 0.25) is 5.91 Å². The maximum Gasteiger partial charge on any atom is 0.261 e. The molecule has 4 rings (SSSR count). The number of carbonyl (C=O) groups is 1. The van der Waals surface area contributed by atoms with Crippen LogP contribution >= 0.6 is 0 Å². The van der Waals surface area contributed by atoms with Crippen LogP contribution in [0, 0.1) is 0 Å². The van der Waals surface area contributed by atoms with E-state index in [0.717, 1.165) is 44.1 Å². The van der Waals surface area contributed by atoms with Crippen LogP contribution in [0.4, 0.5) is 11.4 Å². The van der Waals surface area contributed by atoms with Gasteiger partial charge in [0, 0.05) is 19.0 Å². The second-order valence-electron chi connectivity index (χ2n) is 7.63. The van der Waals surface area contributed by atoms with E-state index in [9.17, 15) is 13.2 Å². The van der Waals surface area contributed by atoms with E-state index in [1.807, 2.05) is 6.07 Å². The lowest BCUT2D eigenvalue weighted by Crippen LogP contribution is -2.35. The number of anilines is 2. The smallest absolute Gasteiger partial charge is 0.261 e. The van der Waals surface area contributed by atoms with Crippen LogP contribution in [0.2, 0.25) is 0 Å². The number of hydrogen-bond donors (Lipinski definition) is 1. The second kappa shape index (κ2) is 8.06. The second-order valence-corrected chi connectivity index (χ2v) is 9.31. The van der Waals surface area contributed by atoms with Gasteiger partial charge < -0.3 is 9.64 Å². The Balaban J connectivity index is 1.59. The normalized spacial score (nSPS) is 17.0. The Bertz CT molecular complexity index is 1030. The van der Waals surface area contributed by atoms with Gasteiger partial charge in [-0.1, -0.05) is 6.07 Å². The third-order valence-electron chi connectivity index (χ3n) is 5.68. The summed E-state index contributed by atoms with van der Waals surface area (Å²) in [6, 6.07) is 10.4. The first-order valence-corrected chi connectivity index (χ1v) is 11.6. The molecule has 1 aliphatic carbocycles. The molecule has 29 heavy (non-hydrogen) atoms. The minimum atomic E-state index is -3.71. The predicted molar refractivity (Wildman–Crippen MR) is 113 cm³/mol. The van der Waals surface area contributed by atoms with Crippen LogP contribution < -0.4 is 14.4 Å². The topological polar surface area (TPSA) is 75.7 Å². The summed E-state index contributed by atoms with van der Waals surface area (Å²) in [6.07, 6.45) is 6.55. The largest absolute Gasteiger partial charge is 0.494 e. The molecule has 1 aliphatic heterocycles. The third kappa shape index (κ3) is 4.10. The van der Waals surface area contributed by atoms with Gasteiger partial charge in [-0.05, 0) is 73.9 Å². The van der Waals surface area contributed by atoms with Crippen LogP contribution in [0.15, 0.2) is 41.3 Å². The van der Waals surface area contributed by atoms with Crippen LogP contribution in [0.3, 0.4) is 0 Å². The van der Waals surface area contributed by atoms with Crippen molar-refractivity contribution in [2.45, 2.75) is 49.8 Å². The number of sulfonamides is 1. The molecule has 0 unspecified atom stereocenters. The number of nitrogens with one attached hydrogen (secondary N) is 1. The maximum atomic E-state index is 12.9. The number of piperidine rings is 1. The zero-order chi connectivity index (χ0) is 20.4. The number of hydrogen-bond acceptors (Lipinski definition) is 4. The number of ether oxygens (including phenoxy) is 1. The molecule has 7 heteroatoms. The van der Waals surface area contributed by atoms with Crippen LogP contribution in [0.25, 0.3) is 0 Å². The molecule has 2 aromatic carbocycles. The summed E-state index contributed by atoms with van der Waals surface area (Å²) < 4.78 is 33.9. The van der Waals surface area contributed by atoms with Gasteiger partial charge in [0.1, 0.15) is 5.75 Å². The minimum Gasteiger partial charge on any atom is -0.494 e.